The van der Waals surface area contributed by atoms with E-state index >= 15 is 0 Å². The molecule has 98 valence electrons. The van der Waals surface area contributed by atoms with Gasteiger partial charge in [-0.1, -0.05) is 0 Å². The van der Waals surface area contributed by atoms with Crippen molar-refractivity contribution < 1.29 is 0 Å². The Balaban J connectivity index is 1.70. The maximum absolute atomic E-state index is 4.03. The molecule has 3 rings (SSSR count). The van der Waals surface area contributed by atoms with Gasteiger partial charge in [0.25, 0.3) is 0 Å². The van der Waals surface area contributed by atoms with Crippen LogP contribution < -0.4 is 0 Å². The third kappa shape index (κ3) is 3.16. The van der Waals surface area contributed by atoms with Crippen molar-refractivity contribution in [2.45, 2.75) is 19.4 Å². The van der Waals surface area contributed by atoms with Crippen LogP contribution in [0.2, 0.25) is 0 Å². The van der Waals surface area contributed by atoms with Gasteiger partial charge in [0.2, 0.25) is 0 Å². The topological polar surface area (TPSA) is 49.4 Å². The van der Waals surface area contributed by atoms with Gasteiger partial charge in [0.1, 0.15) is 0 Å². The summed E-state index contributed by atoms with van der Waals surface area (Å²) >= 11 is 0. The van der Waals surface area contributed by atoms with Crippen LogP contribution in [-0.2, 0) is 19.4 Å². The van der Waals surface area contributed by atoms with Crippen molar-refractivity contribution in [2.75, 3.05) is 0 Å². The third-order valence-electron chi connectivity index (χ3n) is 3.37. The lowest BCUT2D eigenvalue weighted by molar-refractivity contribution is 0.432. The number of hydrogen-bond donors (Lipinski definition) is 2. The number of aromatic amines is 2. The van der Waals surface area contributed by atoms with Crippen LogP contribution in [0.25, 0.3) is 0 Å². The zero-order chi connectivity index (χ0) is 12.9. The van der Waals surface area contributed by atoms with Crippen molar-refractivity contribution in [2.24, 2.45) is 5.92 Å². The fourth-order valence-electron chi connectivity index (χ4n) is 2.51. The Kier molecular flexibility index (Phi) is 3.49. The van der Waals surface area contributed by atoms with Gasteiger partial charge in [-0.3, -0.25) is 5.10 Å². The molecule has 3 aromatic heterocycles. The molecule has 0 aliphatic carbocycles. The third-order valence-corrected chi connectivity index (χ3v) is 3.37. The molecule has 19 heavy (non-hydrogen) atoms. The molecule has 4 nitrogen and oxygen atoms in total. The highest BCUT2D eigenvalue weighted by molar-refractivity contribution is 5.07. The van der Waals surface area contributed by atoms with Gasteiger partial charge < -0.3 is 9.55 Å². The molecule has 0 amide bonds. The van der Waals surface area contributed by atoms with Crippen molar-refractivity contribution in [3.63, 3.8) is 0 Å². The number of aromatic nitrogens is 4. The molecule has 3 aromatic rings. The van der Waals surface area contributed by atoms with E-state index in [0.29, 0.717) is 5.92 Å². The van der Waals surface area contributed by atoms with E-state index in [9.17, 15) is 0 Å². The molecule has 0 aromatic carbocycles. The Labute approximate surface area is 112 Å². The highest BCUT2D eigenvalue weighted by Gasteiger charge is 2.12. The first-order valence-corrected chi connectivity index (χ1v) is 6.61. The Morgan fingerprint density at radius 1 is 1.05 bits per heavy atom. The molecule has 0 bridgehead atoms. The van der Waals surface area contributed by atoms with E-state index in [-0.39, 0.29) is 0 Å². The van der Waals surface area contributed by atoms with Crippen LogP contribution in [0.4, 0.5) is 0 Å². The van der Waals surface area contributed by atoms with E-state index in [1.54, 1.807) is 0 Å². The smallest absolute Gasteiger partial charge is 0.0490 e. The van der Waals surface area contributed by atoms with E-state index in [2.05, 4.69) is 62.5 Å². The summed E-state index contributed by atoms with van der Waals surface area (Å²) in [6.45, 7) is 1.02. The fourth-order valence-corrected chi connectivity index (χ4v) is 2.51. The molecule has 0 spiro atoms. The molecular formula is C15H18N4. The molecule has 2 N–H and O–H groups in total. The first-order valence-electron chi connectivity index (χ1n) is 6.61. The summed E-state index contributed by atoms with van der Waals surface area (Å²) in [5.74, 6) is 0.548. The summed E-state index contributed by atoms with van der Waals surface area (Å²) < 4.78 is 2.24. The van der Waals surface area contributed by atoms with Crippen LogP contribution in [0.15, 0.2) is 55.1 Å². The maximum Gasteiger partial charge on any atom is 0.0490 e. The van der Waals surface area contributed by atoms with E-state index in [4.69, 9.17) is 0 Å². The first-order chi connectivity index (χ1) is 9.40. The quantitative estimate of drug-likeness (QED) is 0.698. The first kappa shape index (κ1) is 11.8. The fraction of sp³-hybridized carbons (Fsp3) is 0.267. The summed E-state index contributed by atoms with van der Waals surface area (Å²) in [6.07, 6.45) is 10.1. The van der Waals surface area contributed by atoms with Crippen molar-refractivity contribution in [1.82, 2.24) is 19.7 Å². The minimum absolute atomic E-state index is 0.548. The van der Waals surface area contributed by atoms with Gasteiger partial charge in [-0.15, -0.1) is 0 Å². The molecule has 1 unspecified atom stereocenters. The van der Waals surface area contributed by atoms with Crippen LogP contribution in [0.5, 0.6) is 0 Å². The van der Waals surface area contributed by atoms with Crippen LogP contribution in [-0.4, -0.2) is 19.7 Å². The highest BCUT2D eigenvalue weighted by Crippen LogP contribution is 2.15. The van der Waals surface area contributed by atoms with Gasteiger partial charge in [-0.2, -0.15) is 5.10 Å². The minimum atomic E-state index is 0.548. The average Bonchev–Trinajstić information content (AvgIpc) is 3.10. The summed E-state index contributed by atoms with van der Waals surface area (Å²) in [4.78, 5) is 3.29. The second-order valence-corrected chi connectivity index (χ2v) is 4.93. The molecule has 4 heteroatoms. The van der Waals surface area contributed by atoms with Crippen LogP contribution in [0, 0.1) is 5.92 Å². The van der Waals surface area contributed by atoms with E-state index in [1.165, 1.54) is 11.4 Å². The largest absolute Gasteiger partial charge is 0.365 e. The van der Waals surface area contributed by atoms with Gasteiger partial charge in [-0.05, 0) is 49.1 Å². The molecule has 0 saturated heterocycles. The van der Waals surface area contributed by atoms with Gasteiger partial charge in [-0.25, -0.2) is 0 Å². The van der Waals surface area contributed by atoms with E-state index < -0.39 is 0 Å². The molecule has 0 radical (unpaired) electrons. The Morgan fingerprint density at radius 3 is 2.58 bits per heavy atom. The van der Waals surface area contributed by atoms with Crippen molar-refractivity contribution in [3.05, 3.63) is 66.5 Å². The maximum atomic E-state index is 4.03. The second kappa shape index (κ2) is 5.61. The second-order valence-electron chi connectivity index (χ2n) is 4.93. The monoisotopic (exact) mass is 254 g/mol. The van der Waals surface area contributed by atoms with Gasteiger partial charge >= 0.3 is 0 Å². The van der Waals surface area contributed by atoms with Crippen molar-refractivity contribution in [1.29, 1.82) is 0 Å². The van der Waals surface area contributed by atoms with Crippen LogP contribution in [0.3, 0.4) is 0 Å². The molecule has 0 aliphatic heterocycles. The van der Waals surface area contributed by atoms with Crippen LogP contribution >= 0.6 is 0 Å². The predicted octanol–water partition coefficient (Wildman–Crippen LogP) is 2.64. The SMILES string of the molecule is c1c[nH]c(CC(Cc2ccn[nH]2)Cn2cccc2)c1. The number of H-pyrrole nitrogens is 2. The van der Waals surface area contributed by atoms with Crippen molar-refractivity contribution in [3.8, 4) is 0 Å². The molecule has 0 aliphatic rings. The Morgan fingerprint density at radius 2 is 1.89 bits per heavy atom. The Bertz CT molecular complexity index is 478. The summed E-state index contributed by atoms with van der Waals surface area (Å²) in [7, 11) is 0. The van der Waals surface area contributed by atoms with Gasteiger partial charge in [0.15, 0.2) is 0 Å². The summed E-state index contributed by atoms with van der Waals surface area (Å²) in [5.41, 5.74) is 2.49. The zero-order valence-electron chi connectivity index (χ0n) is 10.8. The number of nitrogens with zero attached hydrogens (tertiary/aromatic N) is 2. The highest BCUT2D eigenvalue weighted by atomic mass is 15.1. The van der Waals surface area contributed by atoms with Gasteiger partial charge in [0.05, 0.1) is 0 Å². The lowest BCUT2D eigenvalue weighted by Crippen LogP contribution is -2.16. The molecule has 3 heterocycles. The van der Waals surface area contributed by atoms with Gasteiger partial charge in [0, 0.05) is 42.7 Å². The normalized spacial score (nSPS) is 12.6. The van der Waals surface area contributed by atoms with Crippen LogP contribution in [0.1, 0.15) is 11.4 Å². The predicted molar refractivity (Wildman–Crippen MR) is 74.7 cm³/mol. The van der Waals surface area contributed by atoms with E-state index in [0.717, 1.165) is 19.4 Å². The number of nitrogens with one attached hydrogen (secondary N) is 2. The summed E-state index contributed by atoms with van der Waals surface area (Å²) in [5, 5.41) is 7.09. The summed E-state index contributed by atoms with van der Waals surface area (Å²) in [6, 6.07) is 10.4. The lowest BCUT2D eigenvalue weighted by Gasteiger charge is -2.16. The standard InChI is InChI=1S/C15H18N4/c1-2-9-19(8-1)12-13(10-14-4-3-6-16-14)11-15-5-7-17-18-15/h1-9,13,16H,10-12H2,(H,17,18). The lowest BCUT2D eigenvalue weighted by atomic mass is 9.97. The van der Waals surface area contributed by atoms with E-state index in [1.807, 2.05) is 12.4 Å². The Hall–Kier alpha value is -2.23. The molecule has 1 atom stereocenters. The molecular weight excluding hydrogens is 236 g/mol. The minimum Gasteiger partial charge on any atom is -0.365 e. The number of rotatable bonds is 6. The molecule has 0 saturated carbocycles. The molecule has 0 fully saturated rings. The zero-order valence-corrected chi connectivity index (χ0v) is 10.8. The average molecular weight is 254 g/mol. The van der Waals surface area contributed by atoms with Crippen molar-refractivity contribution >= 4 is 0 Å². The number of hydrogen-bond acceptors (Lipinski definition) is 1.